The van der Waals surface area contributed by atoms with E-state index in [1.165, 1.54) is 19.2 Å². The van der Waals surface area contributed by atoms with Crippen molar-refractivity contribution >= 4 is 46.6 Å². The number of rotatable bonds is 6. The number of amides is 1. The fraction of sp³-hybridized carbons (Fsp3) is 0.150. The summed E-state index contributed by atoms with van der Waals surface area (Å²) in [6, 6.07) is 11.8. The van der Waals surface area contributed by atoms with Crippen molar-refractivity contribution in [3.8, 4) is 17.0 Å². The molecule has 0 spiro atoms. The van der Waals surface area contributed by atoms with Crippen LogP contribution in [0.4, 0.5) is 18.9 Å². The van der Waals surface area contributed by atoms with Gasteiger partial charge in [0.05, 0.1) is 29.3 Å². The smallest absolute Gasteiger partial charge is 0.433 e. The molecular formula is C20H14Cl2F3N3O2S. The van der Waals surface area contributed by atoms with Crippen molar-refractivity contribution in [2.45, 2.75) is 11.3 Å². The first-order chi connectivity index (χ1) is 14.7. The third-order valence-corrected chi connectivity index (χ3v) is 5.33. The van der Waals surface area contributed by atoms with Gasteiger partial charge in [-0.15, -0.1) is 0 Å². The summed E-state index contributed by atoms with van der Waals surface area (Å²) < 4.78 is 45.0. The molecule has 0 radical (unpaired) electrons. The summed E-state index contributed by atoms with van der Waals surface area (Å²) in [4.78, 5) is 19.9. The molecular weight excluding hydrogens is 474 g/mol. The number of ether oxygens (including phenoxy) is 1. The Balaban J connectivity index is 1.81. The lowest BCUT2D eigenvalue weighted by Crippen LogP contribution is -2.15. The van der Waals surface area contributed by atoms with E-state index in [4.69, 9.17) is 27.9 Å². The summed E-state index contributed by atoms with van der Waals surface area (Å²) >= 11 is 12.6. The molecule has 1 N–H and O–H groups in total. The van der Waals surface area contributed by atoms with E-state index in [-0.39, 0.29) is 21.6 Å². The number of hydrogen-bond acceptors (Lipinski definition) is 5. The van der Waals surface area contributed by atoms with Gasteiger partial charge in [-0.1, -0.05) is 35.0 Å². The number of halogens is 5. The summed E-state index contributed by atoms with van der Waals surface area (Å²) in [5, 5.41) is 3.02. The van der Waals surface area contributed by atoms with Gasteiger partial charge in [0.2, 0.25) is 5.91 Å². The van der Waals surface area contributed by atoms with Gasteiger partial charge in [0.15, 0.2) is 5.16 Å². The van der Waals surface area contributed by atoms with Gasteiger partial charge in [-0.05, 0) is 48.5 Å². The molecule has 162 valence electrons. The minimum Gasteiger partial charge on any atom is -0.497 e. The first-order valence-corrected chi connectivity index (χ1v) is 10.4. The van der Waals surface area contributed by atoms with Crippen LogP contribution in [0.3, 0.4) is 0 Å². The number of nitrogens with one attached hydrogen (secondary N) is 1. The second-order valence-corrected chi connectivity index (χ2v) is 7.89. The van der Waals surface area contributed by atoms with E-state index in [2.05, 4.69) is 15.3 Å². The highest BCUT2D eigenvalue weighted by Crippen LogP contribution is 2.32. The fourth-order valence-corrected chi connectivity index (χ4v) is 3.45. The quantitative estimate of drug-likeness (QED) is 0.330. The standard InChI is InChI=1S/C20H14Cl2F3N3O2S/c1-30-13-5-2-11(3-6-13)15-9-17(20(23,24)25)28-19(27-15)31-10-18(29)26-16-8-12(21)4-7-14(16)22/h2-9H,10H2,1H3,(H,26,29). The lowest BCUT2D eigenvalue weighted by atomic mass is 10.1. The van der Waals surface area contributed by atoms with Crippen LogP contribution in [-0.2, 0) is 11.0 Å². The summed E-state index contributed by atoms with van der Waals surface area (Å²) in [7, 11) is 1.48. The Morgan fingerprint density at radius 3 is 2.45 bits per heavy atom. The van der Waals surface area contributed by atoms with Crippen molar-refractivity contribution in [2.24, 2.45) is 0 Å². The van der Waals surface area contributed by atoms with Gasteiger partial charge < -0.3 is 10.1 Å². The van der Waals surface area contributed by atoms with Crippen LogP contribution >= 0.6 is 35.0 Å². The number of aromatic nitrogens is 2. The molecule has 0 fully saturated rings. The Bertz CT molecular complexity index is 1100. The number of carbonyl (C=O) groups is 1. The number of nitrogens with zero attached hydrogens (tertiary/aromatic N) is 2. The molecule has 2 aromatic carbocycles. The van der Waals surface area contributed by atoms with Gasteiger partial charge in [0.25, 0.3) is 0 Å². The summed E-state index contributed by atoms with van der Waals surface area (Å²) in [5.74, 6) is -0.173. The number of carbonyl (C=O) groups excluding carboxylic acids is 1. The molecule has 1 aromatic heterocycles. The van der Waals surface area contributed by atoms with Crippen LogP contribution in [0.1, 0.15) is 5.69 Å². The first-order valence-electron chi connectivity index (χ1n) is 8.64. The zero-order valence-corrected chi connectivity index (χ0v) is 18.2. The monoisotopic (exact) mass is 487 g/mol. The van der Waals surface area contributed by atoms with Crippen molar-refractivity contribution in [3.63, 3.8) is 0 Å². The van der Waals surface area contributed by atoms with E-state index in [0.717, 1.165) is 17.8 Å². The molecule has 1 heterocycles. The predicted molar refractivity (Wildman–Crippen MR) is 115 cm³/mol. The Hall–Kier alpha value is -2.49. The van der Waals surface area contributed by atoms with Crippen LogP contribution in [0.15, 0.2) is 53.7 Å². The summed E-state index contributed by atoms with van der Waals surface area (Å²) in [6.45, 7) is 0. The number of benzene rings is 2. The second-order valence-electron chi connectivity index (χ2n) is 6.11. The maximum Gasteiger partial charge on any atom is 0.433 e. The maximum atomic E-state index is 13.3. The molecule has 0 aliphatic heterocycles. The lowest BCUT2D eigenvalue weighted by Gasteiger charge is -2.11. The predicted octanol–water partition coefficient (Wildman–Crippen LogP) is 6.21. The zero-order chi connectivity index (χ0) is 22.6. The minimum atomic E-state index is -4.67. The topological polar surface area (TPSA) is 64.1 Å². The highest BCUT2D eigenvalue weighted by Gasteiger charge is 2.34. The van der Waals surface area contributed by atoms with Gasteiger partial charge in [-0.25, -0.2) is 9.97 Å². The Kier molecular flexibility index (Phi) is 7.30. The van der Waals surface area contributed by atoms with Gasteiger partial charge in [-0.2, -0.15) is 13.2 Å². The maximum absolute atomic E-state index is 13.3. The van der Waals surface area contributed by atoms with Crippen molar-refractivity contribution < 1.29 is 22.7 Å². The lowest BCUT2D eigenvalue weighted by molar-refractivity contribution is -0.141. The number of anilines is 1. The highest BCUT2D eigenvalue weighted by atomic mass is 35.5. The van der Waals surface area contributed by atoms with Gasteiger partial charge in [0, 0.05) is 10.6 Å². The largest absolute Gasteiger partial charge is 0.497 e. The number of alkyl halides is 3. The number of methoxy groups -OCH3 is 1. The van der Waals surface area contributed by atoms with E-state index in [1.54, 1.807) is 30.3 Å². The third kappa shape index (κ3) is 6.25. The highest BCUT2D eigenvalue weighted by molar-refractivity contribution is 7.99. The third-order valence-electron chi connectivity index (χ3n) is 3.92. The van der Waals surface area contributed by atoms with E-state index < -0.39 is 17.8 Å². The van der Waals surface area contributed by atoms with Crippen LogP contribution in [0.2, 0.25) is 10.0 Å². The molecule has 0 saturated heterocycles. The second kappa shape index (κ2) is 9.76. The van der Waals surface area contributed by atoms with Crippen molar-refractivity contribution in [2.75, 3.05) is 18.2 Å². The SMILES string of the molecule is COc1ccc(-c2cc(C(F)(F)F)nc(SCC(=O)Nc3cc(Cl)ccc3Cl)n2)cc1. The van der Waals surface area contributed by atoms with E-state index in [9.17, 15) is 18.0 Å². The molecule has 1 amide bonds. The van der Waals surface area contributed by atoms with Crippen molar-refractivity contribution in [1.82, 2.24) is 9.97 Å². The molecule has 0 bridgehead atoms. The zero-order valence-electron chi connectivity index (χ0n) is 15.8. The molecule has 3 rings (SSSR count). The van der Waals surface area contributed by atoms with Crippen LogP contribution < -0.4 is 10.1 Å². The molecule has 3 aromatic rings. The first kappa shape index (κ1) is 23.2. The van der Waals surface area contributed by atoms with Crippen LogP contribution in [-0.4, -0.2) is 28.7 Å². The van der Waals surface area contributed by atoms with Gasteiger partial charge in [-0.3, -0.25) is 4.79 Å². The average molecular weight is 488 g/mol. The number of hydrogen-bond donors (Lipinski definition) is 1. The molecule has 0 aliphatic rings. The van der Waals surface area contributed by atoms with E-state index in [1.807, 2.05) is 0 Å². The Morgan fingerprint density at radius 1 is 1.10 bits per heavy atom. The minimum absolute atomic E-state index is 0.0748. The molecule has 0 unspecified atom stereocenters. The summed E-state index contributed by atoms with van der Waals surface area (Å²) in [6.07, 6.45) is -4.67. The van der Waals surface area contributed by atoms with Crippen LogP contribution in [0, 0.1) is 0 Å². The molecule has 0 atom stereocenters. The van der Waals surface area contributed by atoms with Crippen molar-refractivity contribution in [3.05, 3.63) is 64.3 Å². The van der Waals surface area contributed by atoms with Crippen molar-refractivity contribution in [1.29, 1.82) is 0 Å². The summed E-state index contributed by atoms with van der Waals surface area (Å²) in [5.41, 5.74) is -0.283. The van der Waals surface area contributed by atoms with E-state index in [0.29, 0.717) is 22.0 Å². The molecule has 5 nitrogen and oxygen atoms in total. The van der Waals surface area contributed by atoms with Gasteiger partial charge >= 0.3 is 6.18 Å². The van der Waals surface area contributed by atoms with Gasteiger partial charge in [0.1, 0.15) is 11.4 Å². The molecule has 0 aliphatic carbocycles. The Labute approximate surface area is 189 Å². The Morgan fingerprint density at radius 2 is 1.81 bits per heavy atom. The average Bonchev–Trinajstić information content (AvgIpc) is 2.74. The molecule has 0 saturated carbocycles. The van der Waals surface area contributed by atoms with Crippen LogP contribution in [0.25, 0.3) is 11.3 Å². The van der Waals surface area contributed by atoms with E-state index >= 15 is 0 Å². The fourth-order valence-electron chi connectivity index (χ4n) is 2.45. The normalized spacial score (nSPS) is 11.3. The molecule has 11 heteroatoms. The molecule has 31 heavy (non-hydrogen) atoms. The number of thioether (sulfide) groups is 1. The van der Waals surface area contributed by atoms with Crippen LogP contribution in [0.5, 0.6) is 5.75 Å².